The van der Waals surface area contributed by atoms with Crippen LogP contribution in [0.4, 0.5) is 0 Å². The summed E-state index contributed by atoms with van der Waals surface area (Å²) >= 11 is 1.76. The van der Waals surface area contributed by atoms with E-state index in [1.165, 1.54) is 11.3 Å². The van der Waals surface area contributed by atoms with Crippen LogP contribution in [0.25, 0.3) is 0 Å². The monoisotopic (exact) mass is 296 g/mol. The minimum Gasteiger partial charge on any atom is -0.356 e. The van der Waals surface area contributed by atoms with Gasteiger partial charge in [0.05, 0.1) is 6.54 Å². The molecule has 0 bridgehead atoms. The number of guanidine groups is 1. The molecule has 0 atom stereocenters. The SMILES string of the molecule is CCc1cnc(CNC(=NC)NCCCC(C)(C)C)s1. The zero-order valence-electron chi connectivity index (χ0n) is 13.4. The minimum absolute atomic E-state index is 0.399. The lowest BCUT2D eigenvalue weighted by atomic mass is 9.91. The number of hydrogen-bond acceptors (Lipinski definition) is 3. The summed E-state index contributed by atoms with van der Waals surface area (Å²) in [6.45, 7) is 10.7. The van der Waals surface area contributed by atoms with Crippen molar-refractivity contribution in [2.75, 3.05) is 13.6 Å². The molecule has 0 fully saturated rings. The molecule has 1 aromatic heterocycles. The van der Waals surface area contributed by atoms with Crippen LogP contribution in [0.1, 0.15) is 50.4 Å². The van der Waals surface area contributed by atoms with Gasteiger partial charge >= 0.3 is 0 Å². The van der Waals surface area contributed by atoms with Gasteiger partial charge in [-0.25, -0.2) is 4.98 Å². The van der Waals surface area contributed by atoms with Gasteiger partial charge in [0.15, 0.2) is 5.96 Å². The van der Waals surface area contributed by atoms with Gasteiger partial charge in [-0.2, -0.15) is 0 Å². The molecule has 0 aliphatic carbocycles. The number of thiazole rings is 1. The number of aryl methyl sites for hydroxylation is 1. The van der Waals surface area contributed by atoms with Crippen molar-refractivity contribution in [3.63, 3.8) is 0 Å². The molecule has 0 unspecified atom stereocenters. The average Bonchev–Trinajstić information content (AvgIpc) is 2.84. The van der Waals surface area contributed by atoms with Crippen molar-refractivity contribution in [3.8, 4) is 0 Å². The Morgan fingerprint density at radius 3 is 2.65 bits per heavy atom. The van der Waals surface area contributed by atoms with Crippen molar-refractivity contribution in [2.24, 2.45) is 10.4 Å². The molecular weight excluding hydrogens is 268 g/mol. The smallest absolute Gasteiger partial charge is 0.191 e. The summed E-state index contributed by atoms with van der Waals surface area (Å²) in [7, 11) is 1.80. The molecule has 1 rings (SSSR count). The highest BCUT2D eigenvalue weighted by atomic mass is 32.1. The third-order valence-corrected chi connectivity index (χ3v) is 4.12. The first-order valence-corrected chi connectivity index (χ1v) is 8.14. The van der Waals surface area contributed by atoms with Gasteiger partial charge in [-0.3, -0.25) is 4.99 Å². The van der Waals surface area contributed by atoms with E-state index in [0.717, 1.165) is 36.9 Å². The summed E-state index contributed by atoms with van der Waals surface area (Å²) < 4.78 is 0. The van der Waals surface area contributed by atoms with Crippen LogP contribution in [0.2, 0.25) is 0 Å². The molecule has 0 aliphatic heterocycles. The van der Waals surface area contributed by atoms with Gasteiger partial charge in [0.1, 0.15) is 5.01 Å². The van der Waals surface area contributed by atoms with Crippen LogP contribution in [-0.4, -0.2) is 24.5 Å². The predicted octanol–water partition coefficient (Wildman–Crippen LogP) is 3.20. The van der Waals surface area contributed by atoms with Crippen LogP contribution in [0.5, 0.6) is 0 Å². The molecule has 1 aromatic rings. The lowest BCUT2D eigenvalue weighted by Crippen LogP contribution is -2.37. The molecule has 0 saturated heterocycles. The van der Waals surface area contributed by atoms with E-state index in [2.05, 4.69) is 48.3 Å². The number of aliphatic imine (C=N–C) groups is 1. The van der Waals surface area contributed by atoms with Crippen molar-refractivity contribution in [1.82, 2.24) is 15.6 Å². The van der Waals surface area contributed by atoms with E-state index in [0.29, 0.717) is 5.41 Å². The van der Waals surface area contributed by atoms with Crippen LogP contribution >= 0.6 is 11.3 Å². The molecule has 0 amide bonds. The Bertz CT molecular complexity index is 418. The Morgan fingerprint density at radius 2 is 2.10 bits per heavy atom. The standard InChI is InChI=1S/C15H28N4S/c1-6-12-10-18-13(20-12)11-19-14(16-5)17-9-7-8-15(2,3)4/h10H,6-9,11H2,1-5H3,(H2,16,17,19). The van der Waals surface area contributed by atoms with E-state index in [1.54, 1.807) is 18.4 Å². The second-order valence-corrected chi connectivity index (χ2v) is 7.29. The number of nitrogens with zero attached hydrogens (tertiary/aromatic N) is 2. The Morgan fingerprint density at radius 1 is 1.35 bits per heavy atom. The molecule has 2 N–H and O–H groups in total. The lowest BCUT2D eigenvalue weighted by molar-refractivity contribution is 0.365. The van der Waals surface area contributed by atoms with Crippen LogP contribution in [-0.2, 0) is 13.0 Å². The highest BCUT2D eigenvalue weighted by Crippen LogP contribution is 2.19. The number of aromatic nitrogens is 1. The topological polar surface area (TPSA) is 49.3 Å². The molecule has 0 saturated carbocycles. The number of rotatable bonds is 6. The van der Waals surface area contributed by atoms with Crippen LogP contribution in [0, 0.1) is 5.41 Å². The van der Waals surface area contributed by atoms with E-state index in [-0.39, 0.29) is 0 Å². The summed E-state index contributed by atoms with van der Waals surface area (Å²) in [5, 5.41) is 7.77. The van der Waals surface area contributed by atoms with Gasteiger partial charge in [-0.15, -0.1) is 11.3 Å². The van der Waals surface area contributed by atoms with Crippen LogP contribution in [0.3, 0.4) is 0 Å². The molecule has 0 spiro atoms. The summed E-state index contributed by atoms with van der Waals surface area (Å²) in [5.41, 5.74) is 0.399. The zero-order chi connectivity index (χ0) is 15.0. The van der Waals surface area contributed by atoms with Crippen molar-refractivity contribution >= 4 is 17.3 Å². The first-order chi connectivity index (χ1) is 9.44. The average molecular weight is 296 g/mol. The fraction of sp³-hybridized carbons (Fsp3) is 0.733. The number of hydrogen-bond donors (Lipinski definition) is 2. The van der Waals surface area contributed by atoms with E-state index in [9.17, 15) is 0 Å². The first kappa shape index (κ1) is 17.0. The maximum Gasteiger partial charge on any atom is 0.191 e. The lowest BCUT2D eigenvalue weighted by Gasteiger charge is -2.18. The zero-order valence-corrected chi connectivity index (χ0v) is 14.2. The molecule has 0 radical (unpaired) electrons. The molecule has 0 aliphatic rings. The van der Waals surface area contributed by atoms with Crippen molar-refractivity contribution in [2.45, 2.75) is 53.5 Å². The second kappa shape index (κ2) is 8.25. The van der Waals surface area contributed by atoms with Gasteiger partial charge in [0.25, 0.3) is 0 Å². The van der Waals surface area contributed by atoms with E-state index in [4.69, 9.17) is 0 Å². The number of nitrogens with one attached hydrogen (secondary N) is 2. The highest BCUT2D eigenvalue weighted by Gasteiger charge is 2.09. The van der Waals surface area contributed by atoms with Crippen LogP contribution in [0.15, 0.2) is 11.2 Å². The molecule has 1 heterocycles. The Kier molecular flexibility index (Phi) is 6.99. The Balaban J connectivity index is 2.26. The maximum absolute atomic E-state index is 4.40. The molecule has 114 valence electrons. The molecule has 0 aromatic carbocycles. The van der Waals surface area contributed by atoms with Gasteiger partial charge in [0.2, 0.25) is 0 Å². The van der Waals surface area contributed by atoms with E-state index < -0.39 is 0 Å². The maximum atomic E-state index is 4.40. The second-order valence-electron chi connectivity index (χ2n) is 6.09. The molecule has 20 heavy (non-hydrogen) atoms. The summed E-state index contributed by atoms with van der Waals surface area (Å²) in [4.78, 5) is 9.96. The Hall–Kier alpha value is -1.10. The minimum atomic E-state index is 0.399. The van der Waals surface area contributed by atoms with E-state index >= 15 is 0 Å². The normalized spacial score (nSPS) is 12.6. The van der Waals surface area contributed by atoms with Gasteiger partial charge in [-0.1, -0.05) is 27.7 Å². The third-order valence-electron chi connectivity index (χ3n) is 2.98. The first-order valence-electron chi connectivity index (χ1n) is 7.32. The Labute approximate surface area is 127 Å². The fourth-order valence-corrected chi connectivity index (χ4v) is 2.60. The summed E-state index contributed by atoms with van der Waals surface area (Å²) in [6, 6.07) is 0. The van der Waals surface area contributed by atoms with Crippen LogP contribution < -0.4 is 10.6 Å². The highest BCUT2D eigenvalue weighted by molar-refractivity contribution is 7.11. The molecular formula is C15H28N4S. The van der Waals surface area contributed by atoms with Crippen molar-refractivity contribution in [1.29, 1.82) is 0 Å². The quantitative estimate of drug-likeness (QED) is 0.481. The molecule has 4 nitrogen and oxygen atoms in total. The summed E-state index contributed by atoms with van der Waals surface area (Å²) in [5.74, 6) is 0.854. The third kappa shape index (κ3) is 6.89. The van der Waals surface area contributed by atoms with Gasteiger partial charge < -0.3 is 10.6 Å². The van der Waals surface area contributed by atoms with Crippen molar-refractivity contribution in [3.05, 3.63) is 16.1 Å². The van der Waals surface area contributed by atoms with Gasteiger partial charge in [0, 0.05) is 24.7 Å². The molecule has 5 heteroatoms. The summed E-state index contributed by atoms with van der Waals surface area (Å²) in [6.07, 6.45) is 5.38. The fourth-order valence-electron chi connectivity index (χ4n) is 1.80. The predicted molar refractivity (Wildman–Crippen MR) is 88.4 cm³/mol. The largest absolute Gasteiger partial charge is 0.356 e. The van der Waals surface area contributed by atoms with Gasteiger partial charge in [-0.05, 0) is 24.7 Å². The van der Waals surface area contributed by atoms with Crippen molar-refractivity contribution < 1.29 is 0 Å². The van der Waals surface area contributed by atoms with E-state index in [1.807, 2.05) is 6.20 Å².